The first-order valence-corrected chi connectivity index (χ1v) is 4.06. The zero-order valence-electron chi connectivity index (χ0n) is 7.57. The molecule has 0 radical (unpaired) electrons. The van der Waals surface area contributed by atoms with E-state index in [0.717, 1.165) is 6.07 Å². The molecule has 0 spiro atoms. The normalized spacial score (nSPS) is 9.62. The summed E-state index contributed by atoms with van der Waals surface area (Å²) < 4.78 is 25.4. The van der Waals surface area contributed by atoms with Crippen LogP contribution >= 0.6 is 0 Å². The van der Waals surface area contributed by atoms with Gasteiger partial charge in [0.15, 0.2) is 0 Å². The van der Waals surface area contributed by atoms with Crippen molar-refractivity contribution in [2.45, 2.75) is 13.8 Å². The second-order valence-corrected chi connectivity index (χ2v) is 3.05. The largest absolute Gasteiger partial charge is 0.207 e. The third-order valence-electron chi connectivity index (χ3n) is 1.43. The Labute approximate surface area is 76.6 Å². The van der Waals surface area contributed by atoms with Gasteiger partial charge in [-0.3, -0.25) is 0 Å². The molecule has 0 aromatic heterocycles. The minimum atomic E-state index is -0.604. The Morgan fingerprint density at radius 2 is 1.92 bits per heavy atom. The van der Waals surface area contributed by atoms with Crippen molar-refractivity contribution in [1.29, 1.82) is 0 Å². The lowest BCUT2D eigenvalue weighted by Gasteiger charge is -1.94. The average Bonchev–Trinajstić information content (AvgIpc) is 2.02. The van der Waals surface area contributed by atoms with Gasteiger partial charge in [0, 0.05) is 12.0 Å². The first kappa shape index (κ1) is 9.73. The second-order valence-electron chi connectivity index (χ2n) is 3.05. The van der Waals surface area contributed by atoms with E-state index >= 15 is 0 Å². The molecule has 0 nitrogen and oxygen atoms in total. The highest BCUT2D eigenvalue weighted by atomic mass is 19.1. The van der Waals surface area contributed by atoms with Crippen LogP contribution < -0.4 is 0 Å². The summed E-state index contributed by atoms with van der Waals surface area (Å²) in [7, 11) is 0. The Morgan fingerprint density at radius 1 is 1.23 bits per heavy atom. The molecule has 0 N–H and O–H groups in total. The number of hydrogen-bond donors (Lipinski definition) is 0. The zero-order chi connectivity index (χ0) is 9.84. The van der Waals surface area contributed by atoms with Gasteiger partial charge in [-0.05, 0) is 12.1 Å². The fourth-order valence-corrected chi connectivity index (χ4v) is 0.813. The SMILES string of the molecule is CC(C)C#Cc1ccc(F)cc1F. The summed E-state index contributed by atoms with van der Waals surface area (Å²) in [6.45, 7) is 3.82. The van der Waals surface area contributed by atoms with Crippen LogP contribution in [0.2, 0.25) is 0 Å². The van der Waals surface area contributed by atoms with Crippen LogP contribution in [0, 0.1) is 29.4 Å². The van der Waals surface area contributed by atoms with E-state index < -0.39 is 11.6 Å². The van der Waals surface area contributed by atoms with Crippen LogP contribution in [-0.4, -0.2) is 0 Å². The van der Waals surface area contributed by atoms with Crippen molar-refractivity contribution in [3.05, 3.63) is 35.4 Å². The van der Waals surface area contributed by atoms with Gasteiger partial charge in [0.1, 0.15) is 11.6 Å². The van der Waals surface area contributed by atoms with Gasteiger partial charge in [0.25, 0.3) is 0 Å². The molecule has 0 bridgehead atoms. The molecule has 0 heterocycles. The van der Waals surface area contributed by atoms with Crippen molar-refractivity contribution >= 4 is 0 Å². The predicted octanol–water partition coefficient (Wildman–Crippen LogP) is 2.97. The maximum absolute atomic E-state index is 13.0. The van der Waals surface area contributed by atoms with E-state index in [1.54, 1.807) is 0 Å². The number of hydrogen-bond acceptors (Lipinski definition) is 0. The van der Waals surface area contributed by atoms with Crippen LogP contribution in [0.4, 0.5) is 8.78 Å². The summed E-state index contributed by atoms with van der Waals surface area (Å²) in [6, 6.07) is 3.39. The zero-order valence-corrected chi connectivity index (χ0v) is 7.57. The fraction of sp³-hybridized carbons (Fsp3) is 0.273. The van der Waals surface area contributed by atoms with Gasteiger partial charge in [-0.1, -0.05) is 25.7 Å². The van der Waals surface area contributed by atoms with Gasteiger partial charge < -0.3 is 0 Å². The Bertz CT molecular complexity index is 356. The topological polar surface area (TPSA) is 0 Å². The van der Waals surface area contributed by atoms with Gasteiger partial charge >= 0.3 is 0 Å². The molecular weight excluding hydrogens is 170 g/mol. The first-order chi connectivity index (χ1) is 6.09. The summed E-state index contributed by atoms with van der Waals surface area (Å²) in [5.41, 5.74) is 0.245. The molecule has 0 aliphatic heterocycles. The standard InChI is InChI=1S/C11H10F2/c1-8(2)3-4-9-5-6-10(12)7-11(9)13/h5-8H,1-2H3. The highest BCUT2D eigenvalue weighted by molar-refractivity contribution is 5.35. The number of halogens is 2. The number of benzene rings is 1. The monoisotopic (exact) mass is 180 g/mol. The van der Waals surface area contributed by atoms with Crippen LogP contribution in [0.25, 0.3) is 0 Å². The lowest BCUT2D eigenvalue weighted by molar-refractivity contribution is 0.581. The lowest BCUT2D eigenvalue weighted by Crippen LogP contribution is -1.86. The Morgan fingerprint density at radius 3 is 2.46 bits per heavy atom. The van der Waals surface area contributed by atoms with Gasteiger partial charge in [-0.15, -0.1) is 0 Å². The van der Waals surface area contributed by atoms with Gasteiger partial charge in [0.05, 0.1) is 5.56 Å². The number of rotatable bonds is 0. The molecular formula is C11H10F2. The minimum absolute atomic E-state index is 0.185. The van der Waals surface area contributed by atoms with Gasteiger partial charge in [0.2, 0.25) is 0 Å². The van der Waals surface area contributed by atoms with Crippen molar-refractivity contribution in [1.82, 2.24) is 0 Å². The molecule has 0 aliphatic carbocycles. The third kappa shape index (κ3) is 2.87. The van der Waals surface area contributed by atoms with Crippen molar-refractivity contribution < 1.29 is 8.78 Å². The van der Waals surface area contributed by atoms with E-state index in [2.05, 4.69) is 11.8 Å². The summed E-state index contributed by atoms with van der Waals surface area (Å²) in [6.07, 6.45) is 0. The van der Waals surface area contributed by atoms with Crippen molar-refractivity contribution in [2.75, 3.05) is 0 Å². The van der Waals surface area contributed by atoms with E-state index in [-0.39, 0.29) is 11.5 Å². The molecule has 1 aromatic carbocycles. The van der Waals surface area contributed by atoms with Gasteiger partial charge in [-0.25, -0.2) is 8.78 Å². The summed E-state index contributed by atoms with van der Waals surface area (Å²) in [5.74, 6) is 4.46. The maximum Gasteiger partial charge on any atom is 0.141 e. The van der Waals surface area contributed by atoms with Crippen LogP contribution in [0.15, 0.2) is 18.2 Å². The van der Waals surface area contributed by atoms with Crippen molar-refractivity contribution in [2.24, 2.45) is 5.92 Å². The lowest BCUT2D eigenvalue weighted by atomic mass is 10.1. The molecule has 0 fully saturated rings. The highest BCUT2D eigenvalue weighted by Gasteiger charge is 1.99. The minimum Gasteiger partial charge on any atom is -0.207 e. The van der Waals surface area contributed by atoms with Crippen molar-refractivity contribution in [3.63, 3.8) is 0 Å². The Balaban J connectivity index is 2.98. The molecule has 1 aromatic rings. The van der Waals surface area contributed by atoms with E-state index in [1.807, 2.05) is 13.8 Å². The molecule has 0 atom stereocenters. The average molecular weight is 180 g/mol. The third-order valence-corrected chi connectivity index (χ3v) is 1.43. The molecule has 0 amide bonds. The van der Waals surface area contributed by atoms with E-state index in [4.69, 9.17) is 0 Å². The maximum atomic E-state index is 13.0. The fourth-order valence-electron chi connectivity index (χ4n) is 0.813. The summed E-state index contributed by atoms with van der Waals surface area (Å²) >= 11 is 0. The van der Waals surface area contributed by atoms with E-state index in [0.29, 0.717) is 0 Å². The first-order valence-electron chi connectivity index (χ1n) is 4.06. The van der Waals surface area contributed by atoms with Crippen LogP contribution in [0.1, 0.15) is 19.4 Å². The van der Waals surface area contributed by atoms with Crippen LogP contribution in [0.5, 0.6) is 0 Å². The molecule has 0 saturated carbocycles. The quantitative estimate of drug-likeness (QED) is 0.538. The molecule has 13 heavy (non-hydrogen) atoms. The Hall–Kier alpha value is -1.36. The molecule has 0 saturated heterocycles. The highest BCUT2D eigenvalue weighted by Crippen LogP contribution is 2.07. The molecule has 2 heteroatoms. The molecule has 0 aliphatic rings. The molecule has 68 valence electrons. The Kier molecular flexibility index (Phi) is 3.02. The molecule has 0 unspecified atom stereocenters. The van der Waals surface area contributed by atoms with Crippen LogP contribution in [-0.2, 0) is 0 Å². The van der Waals surface area contributed by atoms with Crippen LogP contribution in [0.3, 0.4) is 0 Å². The summed E-state index contributed by atoms with van der Waals surface area (Å²) in [5, 5.41) is 0. The second kappa shape index (κ2) is 4.04. The van der Waals surface area contributed by atoms with E-state index in [9.17, 15) is 8.78 Å². The molecule has 1 rings (SSSR count). The smallest absolute Gasteiger partial charge is 0.141 e. The van der Waals surface area contributed by atoms with E-state index in [1.165, 1.54) is 12.1 Å². The predicted molar refractivity (Wildman–Crippen MR) is 48.1 cm³/mol. The van der Waals surface area contributed by atoms with Gasteiger partial charge in [-0.2, -0.15) is 0 Å². The summed E-state index contributed by atoms with van der Waals surface area (Å²) in [4.78, 5) is 0. The van der Waals surface area contributed by atoms with Crippen molar-refractivity contribution in [3.8, 4) is 11.8 Å².